The molecule has 0 saturated carbocycles. The Labute approximate surface area is 164 Å². The highest BCUT2D eigenvalue weighted by atomic mass is 16.5. The molecule has 0 saturated heterocycles. The Balaban J connectivity index is 2.05. The van der Waals surface area contributed by atoms with Crippen LogP contribution in [0, 0.1) is 5.92 Å². The van der Waals surface area contributed by atoms with Crippen LogP contribution in [0.4, 0.5) is 0 Å². The molecule has 2 aliphatic rings. The minimum absolute atomic E-state index is 0.174. The number of fused-ring (bicyclic) bond motifs is 3. The number of hydrogen-bond acceptors (Lipinski definition) is 3. The van der Waals surface area contributed by atoms with Gasteiger partial charge in [0.25, 0.3) is 0 Å². The summed E-state index contributed by atoms with van der Waals surface area (Å²) in [4.78, 5) is 12.1. The van der Waals surface area contributed by atoms with Crippen LogP contribution >= 0.6 is 0 Å². The monoisotopic (exact) mass is 370 g/mol. The topological polar surface area (TPSA) is 35.5 Å². The van der Waals surface area contributed by atoms with Crippen molar-refractivity contribution < 1.29 is 14.3 Å². The van der Waals surface area contributed by atoms with E-state index in [9.17, 15) is 4.79 Å². The van der Waals surface area contributed by atoms with Crippen LogP contribution in [-0.2, 0) is 11.2 Å². The lowest BCUT2D eigenvalue weighted by Crippen LogP contribution is -2.45. The van der Waals surface area contributed by atoms with Crippen molar-refractivity contribution in [2.75, 3.05) is 0 Å². The molecule has 1 aromatic carbocycles. The smallest absolute Gasteiger partial charge is 0.310 e. The Bertz CT molecular complexity index is 729. The van der Waals surface area contributed by atoms with Gasteiger partial charge in [-0.25, -0.2) is 0 Å². The van der Waals surface area contributed by atoms with Gasteiger partial charge in [0.2, 0.25) is 0 Å². The minimum Gasteiger partial charge on any atom is -0.487 e. The van der Waals surface area contributed by atoms with E-state index >= 15 is 0 Å². The van der Waals surface area contributed by atoms with Crippen molar-refractivity contribution in [3.8, 4) is 11.5 Å². The Morgan fingerprint density at radius 2 is 2.04 bits per heavy atom. The van der Waals surface area contributed by atoms with Crippen molar-refractivity contribution >= 4 is 5.97 Å². The first-order chi connectivity index (χ1) is 12.9. The number of rotatable bonds is 6. The van der Waals surface area contributed by atoms with Gasteiger partial charge in [0, 0.05) is 23.8 Å². The normalized spacial score (nSPS) is 22.9. The average Bonchev–Trinajstić information content (AvgIpc) is 2.60. The molecular formula is C24H34O3. The zero-order chi connectivity index (χ0) is 19.6. The number of benzene rings is 1. The maximum absolute atomic E-state index is 12.1. The minimum atomic E-state index is -0.219. The van der Waals surface area contributed by atoms with Gasteiger partial charge in [0.15, 0.2) is 0 Å². The van der Waals surface area contributed by atoms with Gasteiger partial charge in [-0.05, 0) is 64.2 Å². The third kappa shape index (κ3) is 4.23. The van der Waals surface area contributed by atoms with Crippen molar-refractivity contribution in [2.24, 2.45) is 5.92 Å². The molecule has 1 aromatic rings. The molecule has 0 aromatic heterocycles. The lowest BCUT2D eigenvalue weighted by Gasteiger charge is -2.47. The second kappa shape index (κ2) is 8.08. The zero-order valence-electron chi connectivity index (χ0n) is 17.6. The molecule has 3 nitrogen and oxygen atoms in total. The molecule has 3 heteroatoms. The van der Waals surface area contributed by atoms with Crippen LogP contribution in [0.5, 0.6) is 11.5 Å². The molecule has 2 atom stereocenters. The molecule has 0 spiro atoms. The highest BCUT2D eigenvalue weighted by Gasteiger charge is 2.46. The van der Waals surface area contributed by atoms with Gasteiger partial charge in [-0.15, -0.1) is 0 Å². The lowest BCUT2D eigenvalue weighted by molar-refractivity contribution is -0.134. The van der Waals surface area contributed by atoms with Crippen LogP contribution < -0.4 is 9.47 Å². The molecule has 1 aliphatic heterocycles. The molecule has 0 N–H and O–H groups in total. The molecule has 2 unspecified atom stereocenters. The van der Waals surface area contributed by atoms with E-state index in [-0.39, 0.29) is 11.6 Å². The van der Waals surface area contributed by atoms with E-state index in [0.717, 1.165) is 42.7 Å². The number of aryl methyl sites for hydroxylation is 1. The zero-order valence-corrected chi connectivity index (χ0v) is 17.6. The van der Waals surface area contributed by atoms with Crippen molar-refractivity contribution in [2.45, 2.75) is 91.1 Å². The van der Waals surface area contributed by atoms with Crippen molar-refractivity contribution in [3.63, 3.8) is 0 Å². The third-order valence-electron chi connectivity index (χ3n) is 6.13. The first-order valence-corrected chi connectivity index (χ1v) is 10.6. The van der Waals surface area contributed by atoms with E-state index in [0.29, 0.717) is 18.3 Å². The van der Waals surface area contributed by atoms with E-state index in [1.165, 1.54) is 24.0 Å². The highest BCUT2D eigenvalue weighted by Crippen LogP contribution is 2.54. The molecule has 0 radical (unpaired) electrons. The Morgan fingerprint density at radius 3 is 2.74 bits per heavy atom. The Morgan fingerprint density at radius 1 is 1.26 bits per heavy atom. The number of unbranched alkanes of at least 4 members (excludes halogenated alkanes) is 2. The molecule has 27 heavy (non-hydrogen) atoms. The summed E-state index contributed by atoms with van der Waals surface area (Å²) < 4.78 is 12.3. The van der Waals surface area contributed by atoms with Gasteiger partial charge in [0.05, 0.1) is 0 Å². The molecule has 0 bridgehead atoms. The van der Waals surface area contributed by atoms with E-state index < -0.39 is 0 Å². The van der Waals surface area contributed by atoms with Crippen molar-refractivity contribution in [3.05, 3.63) is 34.9 Å². The summed E-state index contributed by atoms with van der Waals surface area (Å²) in [6.45, 7) is 10.7. The van der Waals surface area contributed by atoms with Gasteiger partial charge in [-0.1, -0.05) is 38.3 Å². The standard InChI is InChI=1S/C24H34O3/c1-6-8-9-10-17-14-20(26-22(25)7-2)23-18-13-16(3)11-12-19(18)24(4,5)27-21(23)15-17/h11,14-15,18-19H,6-10,12-13H2,1-5H3. The number of allylic oxidation sites excluding steroid dienone is 2. The van der Waals surface area contributed by atoms with Crippen LogP contribution in [0.2, 0.25) is 0 Å². The summed E-state index contributed by atoms with van der Waals surface area (Å²) >= 11 is 0. The van der Waals surface area contributed by atoms with Gasteiger partial charge in [-0.3, -0.25) is 4.79 Å². The predicted molar refractivity (Wildman–Crippen MR) is 110 cm³/mol. The second-order valence-corrected chi connectivity index (χ2v) is 8.70. The third-order valence-corrected chi connectivity index (χ3v) is 6.13. The molecular weight excluding hydrogens is 336 g/mol. The summed E-state index contributed by atoms with van der Waals surface area (Å²) in [5, 5.41) is 0. The van der Waals surface area contributed by atoms with Crippen LogP contribution in [0.15, 0.2) is 23.8 Å². The lowest BCUT2D eigenvalue weighted by atomic mass is 9.67. The van der Waals surface area contributed by atoms with Gasteiger partial charge >= 0.3 is 5.97 Å². The van der Waals surface area contributed by atoms with Crippen LogP contribution in [0.3, 0.4) is 0 Å². The van der Waals surface area contributed by atoms with Crippen LogP contribution in [0.1, 0.15) is 90.2 Å². The molecule has 3 rings (SSSR count). The van der Waals surface area contributed by atoms with E-state index in [4.69, 9.17) is 9.47 Å². The molecule has 0 amide bonds. The largest absolute Gasteiger partial charge is 0.487 e. The molecule has 1 aliphatic carbocycles. The number of esters is 1. The molecule has 1 heterocycles. The fraction of sp³-hybridized carbons (Fsp3) is 0.625. The van der Waals surface area contributed by atoms with Crippen molar-refractivity contribution in [1.29, 1.82) is 0 Å². The van der Waals surface area contributed by atoms with Crippen LogP contribution in [-0.4, -0.2) is 11.6 Å². The van der Waals surface area contributed by atoms with Gasteiger partial charge in [-0.2, -0.15) is 0 Å². The average molecular weight is 371 g/mol. The fourth-order valence-corrected chi connectivity index (χ4v) is 4.60. The number of carbonyl (C=O) groups is 1. The van der Waals surface area contributed by atoms with Crippen molar-refractivity contribution in [1.82, 2.24) is 0 Å². The van der Waals surface area contributed by atoms with E-state index in [2.05, 4.69) is 45.9 Å². The number of ether oxygens (including phenoxy) is 2. The quantitative estimate of drug-likeness (QED) is 0.253. The molecule has 0 fully saturated rings. The Hall–Kier alpha value is -1.77. The SMILES string of the molecule is CCCCCc1cc(OC(=O)CC)c2c(c1)OC(C)(C)C1CC=C(C)CC21. The maximum Gasteiger partial charge on any atom is 0.310 e. The first kappa shape index (κ1) is 20.0. The summed E-state index contributed by atoms with van der Waals surface area (Å²) in [5.41, 5.74) is 3.51. The van der Waals surface area contributed by atoms with Gasteiger partial charge in [0.1, 0.15) is 17.1 Å². The summed E-state index contributed by atoms with van der Waals surface area (Å²) in [6.07, 6.45) is 9.30. The Kier molecular flexibility index (Phi) is 5.98. The predicted octanol–water partition coefficient (Wildman–Crippen LogP) is 6.35. The summed E-state index contributed by atoms with van der Waals surface area (Å²) in [6, 6.07) is 4.29. The number of carbonyl (C=O) groups excluding carboxylic acids is 1. The summed E-state index contributed by atoms with van der Waals surface area (Å²) in [5.74, 6) is 2.22. The van der Waals surface area contributed by atoms with E-state index in [1.807, 2.05) is 6.92 Å². The number of hydrogen-bond donors (Lipinski definition) is 0. The second-order valence-electron chi connectivity index (χ2n) is 8.70. The summed E-state index contributed by atoms with van der Waals surface area (Å²) in [7, 11) is 0. The fourth-order valence-electron chi connectivity index (χ4n) is 4.60. The highest BCUT2D eigenvalue weighted by molar-refractivity contribution is 5.73. The van der Waals surface area contributed by atoms with Gasteiger partial charge < -0.3 is 9.47 Å². The molecule has 148 valence electrons. The van der Waals surface area contributed by atoms with E-state index in [1.54, 1.807) is 0 Å². The maximum atomic E-state index is 12.1. The van der Waals surface area contributed by atoms with Crippen LogP contribution in [0.25, 0.3) is 0 Å². The first-order valence-electron chi connectivity index (χ1n) is 10.6.